The molecule has 3 aromatic carbocycles. The molecule has 0 heterocycles. The van der Waals surface area contributed by atoms with Gasteiger partial charge in [0, 0.05) is 5.41 Å². The maximum atomic E-state index is 12.5. The van der Waals surface area contributed by atoms with Crippen molar-refractivity contribution in [3.8, 4) is 5.75 Å². The van der Waals surface area contributed by atoms with Crippen LogP contribution in [0.3, 0.4) is 0 Å². The highest BCUT2D eigenvalue weighted by atomic mass is 16.5. The Bertz CT molecular complexity index is 1030. The first-order valence-electron chi connectivity index (χ1n) is 9.85. The molecule has 0 bridgehead atoms. The van der Waals surface area contributed by atoms with Gasteiger partial charge in [0.25, 0.3) is 0 Å². The van der Waals surface area contributed by atoms with E-state index in [1.54, 1.807) is 24.3 Å². The summed E-state index contributed by atoms with van der Waals surface area (Å²) in [5.41, 5.74) is 4.50. The average Bonchev–Trinajstić information content (AvgIpc) is 2.74. The molecule has 0 unspecified atom stereocenters. The van der Waals surface area contributed by atoms with E-state index < -0.39 is 5.97 Å². The third-order valence-corrected chi connectivity index (χ3v) is 5.30. The van der Waals surface area contributed by atoms with Gasteiger partial charge >= 0.3 is 11.9 Å². The number of hydrogen-bond donors (Lipinski definition) is 0. The van der Waals surface area contributed by atoms with Crippen LogP contribution in [0.2, 0.25) is 0 Å². The van der Waals surface area contributed by atoms with Gasteiger partial charge in [0.05, 0.1) is 19.1 Å². The maximum absolute atomic E-state index is 12.5. The zero-order valence-electron chi connectivity index (χ0n) is 17.8. The van der Waals surface area contributed by atoms with Crippen LogP contribution in [0.5, 0.6) is 5.75 Å². The predicted octanol–water partition coefficient (Wildman–Crippen LogP) is 5.26. The van der Waals surface area contributed by atoms with E-state index >= 15 is 0 Å². The van der Waals surface area contributed by atoms with Crippen molar-refractivity contribution < 1.29 is 19.1 Å². The van der Waals surface area contributed by atoms with E-state index in [0.29, 0.717) is 16.9 Å². The number of carbonyl (C=O) groups excluding carboxylic acids is 2. The summed E-state index contributed by atoms with van der Waals surface area (Å²) >= 11 is 0. The normalized spacial score (nSPS) is 11.1. The molecule has 0 aliphatic heterocycles. The molecule has 154 valence electrons. The average molecular weight is 402 g/mol. The van der Waals surface area contributed by atoms with Crippen molar-refractivity contribution in [1.29, 1.82) is 0 Å². The number of aryl methyl sites for hydroxylation is 1. The Morgan fingerprint density at radius 3 is 2.07 bits per heavy atom. The van der Waals surface area contributed by atoms with Gasteiger partial charge in [-0.1, -0.05) is 67.9 Å². The third kappa shape index (κ3) is 4.95. The van der Waals surface area contributed by atoms with E-state index in [-0.39, 0.29) is 17.8 Å². The van der Waals surface area contributed by atoms with Crippen LogP contribution >= 0.6 is 0 Å². The molecule has 0 aliphatic rings. The van der Waals surface area contributed by atoms with Crippen LogP contribution in [0.15, 0.2) is 72.8 Å². The van der Waals surface area contributed by atoms with Crippen LogP contribution in [0.4, 0.5) is 0 Å². The fraction of sp³-hybridized carbons (Fsp3) is 0.231. The van der Waals surface area contributed by atoms with Crippen LogP contribution in [0, 0.1) is 6.92 Å². The van der Waals surface area contributed by atoms with Gasteiger partial charge < -0.3 is 9.47 Å². The molecule has 0 fully saturated rings. The summed E-state index contributed by atoms with van der Waals surface area (Å²) in [4.78, 5) is 24.0. The lowest BCUT2D eigenvalue weighted by Gasteiger charge is -2.26. The number of esters is 2. The highest BCUT2D eigenvalue weighted by Crippen LogP contribution is 2.32. The second-order valence-corrected chi connectivity index (χ2v) is 7.86. The quantitative estimate of drug-likeness (QED) is 0.417. The Kier molecular flexibility index (Phi) is 6.36. The molecule has 0 atom stereocenters. The van der Waals surface area contributed by atoms with Crippen molar-refractivity contribution in [3.05, 3.63) is 101 Å². The lowest BCUT2D eigenvalue weighted by molar-refractivity contribution is -0.139. The predicted molar refractivity (Wildman–Crippen MR) is 117 cm³/mol. The number of benzene rings is 3. The van der Waals surface area contributed by atoms with E-state index in [1.807, 2.05) is 24.3 Å². The monoisotopic (exact) mass is 402 g/mol. The zero-order valence-corrected chi connectivity index (χ0v) is 17.8. The number of ether oxygens (including phenoxy) is 2. The Labute approximate surface area is 177 Å². The highest BCUT2D eigenvalue weighted by Gasteiger charge is 2.23. The van der Waals surface area contributed by atoms with Crippen molar-refractivity contribution in [2.45, 2.75) is 32.6 Å². The Morgan fingerprint density at radius 1 is 0.867 bits per heavy atom. The summed E-state index contributed by atoms with van der Waals surface area (Å²) in [6.07, 6.45) is 0.112. The second kappa shape index (κ2) is 8.95. The van der Waals surface area contributed by atoms with Gasteiger partial charge in [0.1, 0.15) is 5.75 Å². The first-order chi connectivity index (χ1) is 14.3. The molecule has 4 heteroatoms. The molecule has 0 saturated heterocycles. The summed E-state index contributed by atoms with van der Waals surface area (Å²) in [5.74, 6) is -0.346. The van der Waals surface area contributed by atoms with Crippen molar-refractivity contribution in [2.24, 2.45) is 0 Å². The van der Waals surface area contributed by atoms with E-state index in [9.17, 15) is 9.59 Å². The van der Waals surface area contributed by atoms with Crippen LogP contribution in [0.1, 0.15) is 46.5 Å². The molecule has 0 amide bonds. The lowest BCUT2D eigenvalue weighted by Crippen LogP contribution is -2.18. The molecular weight excluding hydrogens is 376 g/mol. The standard InChI is InChI=1S/C26H26O4/c1-18-8-10-21(11-9-18)26(2,3)22-12-14-23(15-13-22)30-25(28)20-7-5-6-19(16-20)17-24(27)29-4/h5-16H,17H2,1-4H3. The SMILES string of the molecule is COC(=O)Cc1cccc(C(=O)Oc2ccc(C(C)(C)c3ccc(C)cc3)cc2)c1. The fourth-order valence-electron chi connectivity index (χ4n) is 3.29. The summed E-state index contributed by atoms with van der Waals surface area (Å²) in [7, 11) is 1.34. The van der Waals surface area contributed by atoms with Gasteiger partial charge in [-0.15, -0.1) is 0 Å². The van der Waals surface area contributed by atoms with Gasteiger partial charge in [0.2, 0.25) is 0 Å². The maximum Gasteiger partial charge on any atom is 0.343 e. The van der Waals surface area contributed by atoms with Crippen LogP contribution in [0.25, 0.3) is 0 Å². The summed E-state index contributed by atoms with van der Waals surface area (Å²) in [5, 5.41) is 0. The van der Waals surface area contributed by atoms with E-state index in [2.05, 4.69) is 49.8 Å². The van der Waals surface area contributed by atoms with Gasteiger partial charge in [-0.3, -0.25) is 4.79 Å². The minimum atomic E-state index is -0.465. The Balaban J connectivity index is 1.72. The van der Waals surface area contributed by atoms with Gasteiger partial charge in [-0.2, -0.15) is 0 Å². The fourth-order valence-corrected chi connectivity index (χ4v) is 3.29. The van der Waals surface area contributed by atoms with Gasteiger partial charge in [-0.25, -0.2) is 4.79 Å². The van der Waals surface area contributed by atoms with Crippen LogP contribution in [-0.2, 0) is 21.4 Å². The molecule has 0 spiro atoms. The highest BCUT2D eigenvalue weighted by molar-refractivity contribution is 5.91. The molecule has 0 saturated carbocycles. The molecule has 3 aromatic rings. The number of carbonyl (C=O) groups is 2. The second-order valence-electron chi connectivity index (χ2n) is 7.86. The van der Waals surface area contributed by atoms with Gasteiger partial charge in [0.15, 0.2) is 0 Å². The minimum absolute atomic E-state index is 0.112. The smallest absolute Gasteiger partial charge is 0.343 e. The first kappa shape index (κ1) is 21.3. The molecule has 0 aromatic heterocycles. The lowest BCUT2D eigenvalue weighted by atomic mass is 9.78. The van der Waals surface area contributed by atoms with Crippen molar-refractivity contribution in [1.82, 2.24) is 0 Å². The molecule has 3 rings (SSSR count). The Hall–Kier alpha value is -3.40. The minimum Gasteiger partial charge on any atom is -0.469 e. The number of hydrogen-bond acceptors (Lipinski definition) is 4. The molecule has 30 heavy (non-hydrogen) atoms. The van der Waals surface area contributed by atoms with E-state index in [1.165, 1.54) is 18.2 Å². The van der Waals surface area contributed by atoms with E-state index in [0.717, 1.165) is 5.56 Å². The van der Waals surface area contributed by atoms with E-state index in [4.69, 9.17) is 4.74 Å². The van der Waals surface area contributed by atoms with Crippen LogP contribution < -0.4 is 4.74 Å². The van der Waals surface area contributed by atoms with Gasteiger partial charge in [-0.05, 0) is 47.9 Å². The molecule has 4 nitrogen and oxygen atoms in total. The zero-order chi connectivity index (χ0) is 21.7. The first-order valence-corrected chi connectivity index (χ1v) is 9.85. The largest absolute Gasteiger partial charge is 0.469 e. The Morgan fingerprint density at radius 2 is 1.47 bits per heavy atom. The third-order valence-electron chi connectivity index (χ3n) is 5.30. The van der Waals surface area contributed by atoms with Crippen molar-refractivity contribution >= 4 is 11.9 Å². The summed E-state index contributed by atoms with van der Waals surface area (Å²) < 4.78 is 10.2. The molecular formula is C26H26O4. The molecule has 0 radical (unpaired) electrons. The van der Waals surface area contributed by atoms with Crippen LogP contribution in [-0.4, -0.2) is 19.0 Å². The molecule has 0 N–H and O–H groups in total. The number of methoxy groups -OCH3 is 1. The van der Waals surface area contributed by atoms with Crippen molar-refractivity contribution in [3.63, 3.8) is 0 Å². The summed E-state index contributed by atoms with van der Waals surface area (Å²) in [6.45, 7) is 6.42. The summed E-state index contributed by atoms with van der Waals surface area (Å²) in [6, 6.07) is 22.9. The number of rotatable bonds is 6. The molecule has 0 aliphatic carbocycles. The topological polar surface area (TPSA) is 52.6 Å². The van der Waals surface area contributed by atoms with Crippen molar-refractivity contribution in [2.75, 3.05) is 7.11 Å².